The van der Waals surface area contributed by atoms with E-state index >= 15 is 0 Å². The maximum atomic E-state index is 13.8. The van der Waals surface area contributed by atoms with E-state index in [1.807, 2.05) is 0 Å². The number of carbonyl (C=O) groups excluding carboxylic acids is 3. The van der Waals surface area contributed by atoms with Crippen molar-refractivity contribution in [1.82, 2.24) is 15.5 Å². The molecular formula is C42H75N3O15. The predicted octanol–water partition coefficient (Wildman–Crippen LogP) is -2.89. The molecule has 14 N–H and O–H groups in total. The van der Waals surface area contributed by atoms with Crippen LogP contribution in [-0.2, 0) is 14.4 Å². The van der Waals surface area contributed by atoms with Crippen molar-refractivity contribution in [3.05, 3.63) is 0 Å². The Kier molecular flexibility index (Phi) is 18.6. The van der Waals surface area contributed by atoms with Crippen LogP contribution in [0.25, 0.3) is 0 Å². The Morgan fingerprint density at radius 3 is 1.75 bits per heavy atom. The number of nitrogens with zero attached hydrogens (tertiary/aromatic N) is 1. The van der Waals surface area contributed by atoms with Gasteiger partial charge < -0.3 is 76.8 Å². The highest BCUT2D eigenvalue weighted by Crippen LogP contribution is 2.68. The first-order valence-corrected chi connectivity index (χ1v) is 22.1. The van der Waals surface area contributed by atoms with Crippen molar-refractivity contribution >= 4 is 17.7 Å². The number of fused-ring (bicyclic) bond motifs is 5. The second kappa shape index (κ2) is 22.0. The van der Waals surface area contributed by atoms with E-state index in [0.29, 0.717) is 30.1 Å². The Bertz CT molecular complexity index is 1350. The van der Waals surface area contributed by atoms with Gasteiger partial charge in [0.25, 0.3) is 11.8 Å². The Morgan fingerprint density at radius 1 is 0.700 bits per heavy atom. The van der Waals surface area contributed by atoms with Gasteiger partial charge in [0.05, 0.1) is 25.4 Å². The third kappa shape index (κ3) is 11.2. The topological polar surface area (TPSA) is 321 Å². The third-order valence-corrected chi connectivity index (χ3v) is 15.5. The molecule has 4 aliphatic carbocycles. The first-order valence-electron chi connectivity index (χ1n) is 22.1. The van der Waals surface area contributed by atoms with Crippen molar-refractivity contribution in [2.75, 3.05) is 39.4 Å². The average molecular weight is 862 g/mol. The third-order valence-electron chi connectivity index (χ3n) is 15.5. The second-order valence-corrected chi connectivity index (χ2v) is 18.9. The molecule has 0 unspecified atom stereocenters. The lowest BCUT2D eigenvalue weighted by atomic mass is 9.43. The van der Waals surface area contributed by atoms with Gasteiger partial charge in [0.15, 0.2) is 12.2 Å². The number of aliphatic hydroxyl groups excluding tert-OH is 12. The van der Waals surface area contributed by atoms with Gasteiger partial charge in [-0.2, -0.15) is 0 Å². The molecule has 18 heteroatoms. The van der Waals surface area contributed by atoms with Gasteiger partial charge in [-0.25, -0.2) is 0 Å². The number of aliphatic hydroxyl groups is 12. The summed E-state index contributed by atoms with van der Waals surface area (Å²) in [5, 5.41) is 124. The van der Waals surface area contributed by atoms with Crippen LogP contribution in [0.3, 0.4) is 0 Å². The molecule has 348 valence electrons. The summed E-state index contributed by atoms with van der Waals surface area (Å²) >= 11 is 0. The van der Waals surface area contributed by atoms with Crippen LogP contribution in [0, 0.1) is 46.3 Å². The maximum Gasteiger partial charge on any atom is 0.251 e. The largest absolute Gasteiger partial charge is 0.394 e. The second-order valence-electron chi connectivity index (χ2n) is 18.9. The quantitative estimate of drug-likeness (QED) is 0.0486. The minimum absolute atomic E-state index is 0.0491. The van der Waals surface area contributed by atoms with Crippen LogP contribution in [0.5, 0.6) is 0 Å². The van der Waals surface area contributed by atoms with Crippen LogP contribution in [0.1, 0.15) is 97.8 Å². The van der Waals surface area contributed by atoms with Gasteiger partial charge in [0, 0.05) is 32.6 Å². The van der Waals surface area contributed by atoms with Crippen LogP contribution >= 0.6 is 0 Å². The molecule has 0 aromatic heterocycles. The number of hydrogen-bond acceptors (Lipinski definition) is 15. The van der Waals surface area contributed by atoms with Crippen LogP contribution in [0.15, 0.2) is 0 Å². The molecule has 4 aliphatic rings. The van der Waals surface area contributed by atoms with Gasteiger partial charge in [-0.05, 0) is 117 Å². The predicted molar refractivity (Wildman–Crippen MR) is 215 cm³/mol. The van der Waals surface area contributed by atoms with E-state index in [-0.39, 0.29) is 80.1 Å². The van der Waals surface area contributed by atoms with Crippen LogP contribution < -0.4 is 10.6 Å². The molecule has 4 rings (SSSR count). The molecule has 0 radical (unpaired) electrons. The van der Waals surface area contributed by atoms with Crippen molar-refractivity contribution in [3.63, 3.8) is 0 Å². The molecule has 18 atom stereocenters. The summed E-state index contributed by atoms with van der Waals surface area (Å²) in [6.07, 6.45) is -7.85. The first kappa shape index (κ1) is 50.6. The van der Waals surface area contributed by atoms with E-state index in [2.05, 4.69) is 31.4 Å². The van der Waals surface area contributed by atoms with E-state index in [1.54, 1.807) is 4.90 Å². The van der Waals surface area contributed by atoms with E-state index in [4.69, 9.17) is 10.2 Å². The Hall–Kier alpha value is -2.07. The lowest BCUT2D eigenvalue weighted by Crippen LogP contribution is -2.58. The summed E-state index contributed by atoms with van der Waals surface area (Å²) in [5.74, 6) is -0.145. The van der Waals surface area contributed by atoms with Gasteiger partial charge in [0.2, 0.25) is 5.91 Å². The molecular weight excluding hydrogens is 786 g/mol. The molecule has 0 saturated heterocycles. The molecule has 18 nitrogen and oxygen atoms in total. The minimum Gasteiger partial charge on any atom is -0.394 e. The Labute approximate surface area is 353 Å². The fourth-order valence-corrected chi connectivity index (χ4v) is 11.8. The molecule has 0 aromatic rings. The normalized spacial score (nSPS) is 34.6. The first-order chi connectivity index (χ1) is 28.2. The molecule has 0 aliphatic heterocycles. The zero-order chi connectivity index (χ0) is 44.7. The van der Waals surface area contributed by atoms with Gasteiger partial charge in [-0.1, -0.05) is 20.8 Å². The summed E-state index contributed by atoms with van der Waals surface area (Å²) in [6.45, 7) is 5.15. The summed E-state index contributed by atoms with van der Waals surface area (Å²) < 4.78 is 0. The van der Waals surface area contributed by atoms with Crippen molar-refractivity contribution in [3.8, 4) is 0 Å². The SMILES string of the molecule is C[C@H](CCC(=O)N(CCCNC(=O)[C@H](O)[C@H](O)[C@@H](O)[C@@H](O)CO)CCCNC(=O)[C@H](O)[C@H](O)[C@H](O)[C@H](O)CO)[C@@H]1CC[C@H]2[C@H]3CC[C@@H]4C[C@H](O)CC[C@]4(C)[C@H]3C[C@@H](O)[C@@]21C. The van der Waals surface area contributed by atoms with Crippen LogP contribution in [0.2, 0.25) is 0 Å². The molecule has 0 bridgehead atoms. The fourth-order valence-electron chi connectivity index (χ4n) is 11.8. The van der Waals surface area contributed by atoms with Crippen molar-refractivity contribution in [1.29, 1.82) is 0 Å². The van der Waals surface area contributed by atoms with Crippen molar-refractivity contribution in [2.24, 2.45) is 46.3 Å². The van der Waals surface area contributed by atoms with E-state index in [0.717, 1.165) is 51.4 Å². The zero-order valence-corrected chi connectivity index (χ0v) is 35.5. The fraction of sp³-hybridized carbons (Fsp3) is 0.929. The summed E-state index contributed by atoms with van der Waals surface area (Å²) in [6, 6.07) is 0. The highest BCUT2D eigenvalue weighted by molar-refractivity contribution is 5.81. The van der Waals surface area contributed by atoms with E-state index in [9.17, 15) is 65.4 Å². The highest BCUT2D eigenvalue weighted by atomic mass is 16.4. The Morgan fingerprint density at radius 2 is 1.23 bits per heavy atom. The number of hydrogen-bond donors (Lipinski definition) is 14. The van der Waals surface area contributed by atoms with Crippen LogP contribution in [-0.4, -0.2) is 184 Å². The lowest BCUT2D eigenvalue weighted by molar-refractivity contribution is -0.175. The monoisotopic (exact) mass is 862 g/mol. The van der Waals surface area contributed by atoms with Gasteiger partial charge in [-0.3, -0.25) is 14.4 Å². The summed E-state index contributed by atoms with van der Waals surface area (Å²) in [5.41, 5.74) is -0.164. The molecule has 60 heavy (non-hydrogen) atoms. The standard InChI is InChI=1S/C42H75N3O15/c1-22(26-9-10-27-25-8-7-23-18-24(48)12-13-41(23,2)28(25)19-31(51)42(26,27)3)6-11-32(52)45(16-4-14-43-39(59)37(57)35(55)33(53)29(49)20-46)17-5-15-44-40(60)38(58)36(56)34(54)30(50)21-47/h22-31,33-38,46-51,53-58H,4-21H2,1-3H3,(H,43,59)(H,44,60)/t22-,23-,24-,25-,26+,27+,28+,29-,30+,31-,33-,34+,35-,36-,37-,38-,41+,42-/m1/s1. The number of amides is 3. The average Bonchev–Trinajstić information content (AvgIpc) is 3.61. The lowest BCUT2D eigenvalue weighted by Gasteiger charge is -2.62. The van der Waals surface area contributed by atoms with Crippen molar-refractivity contribution in [2.45, 2.75) is 159 Å². The maximum absolute atomic E-state index is 13.8. The smallest absolute Gasteiger partial charge is 0.251 e. The van der Waals surface area contributed by atoms with E-state index in [1.165, 1.54) is 0 Å². The van der Waals surface area contributed by atoms with Crippen molar-refractivity contribution < 1.29 is 75.7 Å². The molecule has 4 saturated carbocycles. The number of carbonyl (C=O) groups is 3. The molecule has 3 amide bonds. The number of nitrogens with one attached hydrogen (secondary N) is 2. The number of rotatable bonds is 22. The van der Waals surface area contributed by atoms with E-state index < -0.39 is 80.0 Å². The van der Waals surface area contributed by atoms with Gasteiger partial charge in [0.1, 0.15) is 36.6 Å². The zero-order valence-electron chi connectivity index (χ0n) is 35.5. The van der Waals surface area contributed by atoms with Crippen LogP contribution in [0.4, 0.5) is 0 Å². The minimum atomic E-state index is -2.11. The summed E-state index contributed by atoms with van der Waals surface area (Å²) in [4.78, 5) is 40.3. The Balaban J connectivity index is 1.35. The molecule has 4 fully saturated rings. The highest BCUT2D eigenvalue weighted by Gasteiger charge is 2.63. The van der Waals surface area contributed by atoms with Gasteiger partial charge >= 0.3 is 0 Å². The molecule has 0 heterocycles. The molecule has 0 aromatic carbocycles. The summed E-state index contributed by atoms with van der Waals surface area (Å²) in [7, 11) is 0. The molecule has 0 spiro atoms. The van der Waals surface area contributed by atoms with Gasteiger partial charge in [-0.15, -0.1) is 0 Å².